The first-order valence-electron chi connectivity index (χ1n) is 10.5. The predicted molar refractivity (Wildman–Crippen MR) is 117 cm³/mol. The summed E-state index contributed by atoms with van der Waals surface area (Å²) in [6, 6.07) is 16.4. The minimum absolute atomic E-state index is 0.0213. The number of aromatic nitrogens is 2. The van der Waals surface area contributed by atoms with Crippen LogP contribution in [0.3, 0.4) is 0 Å². The lowest BCUT2D eigenvalue weighted by Crippen LogP contribution is -2.28. The van der Waals surface area contributed by atoms with E-state index in [4.69, 9.17) is 9.72 Å². The molecular formula is C24H31N3O2. The zero-order valence-corrected chi connectivity index (χ0v) is 17.6. The molecule has 0 fully saturated rings. The quantitative estimate of drug-likeness (QED) is 0.515. The number of aryl methyl sites for hydroxylation is 3. The summed E-state index contributed by atoms with van der Waals surface area (Å²) in [7, 11) is 0. The smallest absolute Gasteiger partial charge is 0.222 e. The summed E-state index contributed by atoms with van der Waals surface area (Å²) in [4.78, 5) is 16.6. The van der Waals surface area contributed by atoms with E-state index in [0.29, 0.717) is 13.2 Å². The number of rotatable bonds is 10. The van der Waals surface area contributed by atoms with Crippen LogP contribution in [0.4, 0.5) is 0 Å². The van der Waals surface area contributed by atoms with Gasteiger partial charge in [0.15, 0.2) is 0 Å². The largest absolute Gasteiger partial charge is 0.494 e. The molecule has 2 aromatic carbocycles. The molecule has 0 saturated carbocycles. The number of hydrogen-bond donors (Lipinski definition) is 1. The van der Waals surface area contributed by atoms with Crippen molar-refractivity contribution >= 4 is 16.9 Å². The Labute approximate surface area is 173 Å². The maximum absolute atomic E-state index is 11.7. The number of carbonyl (C=O) groups excluding carboxylic acids is 1. The van der Waals surface area contributed by atoms with Crippen LogP contribution in [-0.2, 0) is 17.8 Å². The fourth-order valence-corrected chi connectivity index (χ4v) is 3.35. The molecule has 0 radical (unpaired) electrons. The van der Waals surface area contributed by atoms with Gasteiger partial charge in [0.05, 0.1) is 17.6 Å². The molecule has 29 heavy (non-hydrogen) atoms. The molecule has 3 rings (SSSR count). The number of nitrogens with zero attached hydrogens (tertiary/aromatic N) is 2. The van der Waals surface area contributed by atoms with Crippen molar-refractivity contribution in [3.05, 3.63) is 59.9 Å². The number of benzene rings is 2. The van der Waals surface area contributed by atoms with E-state index in [1.165, 1.54) is 5.56 Å². The van der Waals surface area contributed by atoms with Crippen molar-refractivity contribution in [2.24, 2.45) is 5.92 Å². The van der Waals surface area contributed by atoms with Gasteiger partial charge in [-0.2, -0.15) is 0 Å². The van der Waals surface area contributed by atoms with Crippen LogP contribution >= 0.6 is 0 Å². The molecule has 0 aliphatic carbocycles. The van der Waals surface area contributed by atoms with E-state index in [-0.39, 0.29) is 11.8 Å². The molecule has 3 aromatic rings. The number of nitrogens with one attached hydrogen (secondary N) is 1. The summed E-state index contributed by atoms with van der Waals surface area (Å²) in [5.41, 5.74) is 3.38. The molecule has 5 nitrogen and oxygen atoms in total. The Bertz CT molecular complexity index is 946. The SMILES string of the molecule is Cc1cccc(OCCCn2c(CCCNC(=O)C(C)C)nc3ccccc32)c1. The number of hydrogen-bond acceptors (Lipinski definition) is 3. The zero-order chi connectivity index (χ0) is 20.6. The third-order valence-electron chi connectivity index (χ3n) is 4.92. The molecular weight excluding hydrogens is 362 g/mol. The fraction of sp³-hybridized carbons (Fsp3) is 0.417. The predicted octanol–water partition coefficient (Wildman–Crippen LogP) is 4.52. The third-order valence-corrected chi connectivity index (χ3v) is 4.92. The van der Waals surface area contributed by atoms with Crippen LogP contribution in [0.15, 0.2) is 48.5 Å². The number of imidazole rings is 1. The van der Waals surface area contributed by atoms with Crippen LogP contribution < -0.4 is 10.1 Å². The maximum atomic E-state index is 11.7. The van der Waals surface area contributed by atoms with Gasteiger partial charge in [0, 0.05) is 25.4 Å². The minimum atomic E-state index is 0.0213. The van der Waals surface area contributed by atoms with Gasteiger partial charge in [-0.1, -0.05) is 38.1 Å². The van der Waals surface area contributed by atoms with Gasteiger partial charge in [0.1, 0.15) is 11.6 Å². The third kappa shape index (κ3) is 5.83. The van der Waals surface area contributed by atoms with Crippen LogP contribution in [-0.4, -0.2) is 28.6 Å². The number of carbonyl (C=O) groups is 1. The van der Waals surface area contributed by atoms with Crippen LogP contribution in [0.5, 0.6) is 5.75 Å². The Kier molecular flexibility index (Phi) is 7.28. The van der Waals surface area contributed by atoms with E-state index in [9.17, 15) is 4.79 Å². The highest BCUT2D eigenvalue weighted by molar-refractivity contribution is 5.77. The van der Waals surface area contributed by atoms with E-state index in [0.717, 1.165) is 48.4 Å². The fourth-order valence-electron chi connectivity index (χ4n) is 3.35. The van der Waals surface area contributed by atoms with E-state index in [2.05, 4.69) is 47.1 Å². The topological polar surface area (TPSA) is 56.1 Å². The maximum Gasteiger partial charge on any atom is 0.222 e. The Morgan fingerprint density at radius 1 is 1.14 bits per heavy atom. The van der Waals surface area contributed by atoms with Gasteiger partial charge < -0.3 is 14.6 Å². The van der Waals surface area contributed by atoms with Crippen molar-refractivity contribution in [2.75, 3.05) is 13.2 Å². The zero-order valence-electron chi connectivity index (χ0n) is 17.6. The molecule has 0 atom stereocenters. The van der Waals surface area contributed by atoms with E-state index in [1.54, 1.807) is 0 Å². The second-order valence-corrected chi connectivity index (χ2v) is 7.74. The van der Waals surface area contributed by atoms with Crippen LogP contribution in [0, 0.1) is 12.8 Å². The summed E-state index contributed by atoms with van der Waals surface area (Å²) in [5.74, 6) is 2.11. The standard InChI is InChI=1S/C24H31N3O2/c1-18(2)24(28)25-14-7-13-23-26-21-11-4-5-12-22(21)27(23)15-8-16-29-20-10-6-9-19(3)17-20/h4-6,9-12,17-18H,7-8,13-16H2,1-3H3,(H,25,28). The Hall–Kier alpha value is -2.82. The first kappa shape index (κ1) is 20.9. The lowest BCUT2D eigenvalue weighted by molar-refractivity contribution is -0.123. The van der Waals surface area contributed by atoms with Gasteiger partial charge in [-0.25, -0.2) is 4.98 Å². The highest BCUT2D eigenvalue weighted by Gasteiger charge is 2.11. The summed E-state index contributed by atoms with van der Waals surface area (Å²) in [6.07, 6.45) is 2.62. The lowest BCUT2D eigenvalue weighted by atomic mass is 10.2. The molecule has 0 saturated heterocycles. The van der Waals surface area contributed by atoms with E-state index in [1.807, 2.05) is 32.0 Å². The van der Waals surface area contributed by atoms with Crippen molar-refractivity contribution in [3.63, 3.8) is 0 Å². The molecule has 0 spiro atoms. The van der Waals surface area contributed by atoms with Gasteiger partial charge in [-0.3, -0.25) is 4.79 Å². The van der Waals surface area contributed by atoms with Crippen molar-refractivity contribution in [1.82, 2.24) is 14.9 Å². The lowest BCUT2D eigenvalue weighted by Gasteiger charge is -2.11. The van der Waals surface area contributed by atoms with Gasteiger partial charge >= 0.3 is 0 Å². The van der Waals surface area contributed by atoms with Crippen molar-refractivity contribution in [3.8, 4) is 5.75 Å². The molecule has 5 heteroatoms. The normalized spacial score (nSPS) is 11.2. The number of ether oxygens (including phenoxy) is 1. The molecule has 0 unspecified atom stereocenters. The van der Waals surface area contributed by atoms with Crippen molar-refractivity contribution in [2.45, 2.75) is 46.6 Å². The molecule has 1 amide bonds. The second kappa shape index (κ2) is 10.1. The van der Waals surface area contributed by atoms with Gasteiger partial charge in [-0.15, -0.1) is 0 Å². The summed E-state index contributed by atoms with van der Waals surface area (Å²) in [5, 5.41) is 2.98. The highest BCUT2D eigenvalue weighted by Crippen LogP contribution is 2.18. The number of para-hydroxylation sites is 2. The van der Waals surface area contributed by atoms with Crippen molar-refractivity contribution in [1.29, 1.82) is 0 Å². The summed E-state index contributed by atoms with van der Waals surface area (Å²) >= 11 is 0. The molecule has 1 aromatic heterocycles. The average molecular weight is 394 g/mol. The average Bonchev–Trinajstić information content (AvgIpc) is 3.06. The summed E-state index contributed by atoms with van der Waals surface area (Å²) < 4.78 is 8.19. The van der Waals surface area contributed by atoms with Crippen LogP contribution in [0.25, 0.3) is 11.0 Å². The van der Waals surface area contributed by atoms with E-state index >= 15 is 0 Å². The molecule has 154 valence electrons. The monoisotopic (exact) mass is 393 g/mol. The highest BCUT2D eigenvalue weighted by atomic mass is 16.5. The number of amides is 1. The van der Waals surface area contributed by atoms with Crippen LogP contribution in [0.2, 0.25) is 0 Å². The van der Waals surface area contributed by atoms with Gasteiger partial charge in [0.25, 0.3) is 0 Å². The molecule has 1 heterocycles. The van der Waals surface area contributed by atoms with Gasteiger partial charge in [0.2, 0.25) is 5.91 Å². The minimum Gasteiger partial charge on any atom is -0.494 e. The van der Waals surface area contributed by atoms with E-state index < -0.39 is 0 Å². The van der Waals surface area contributed by atoms with Crippen LogP contribution in [0.1, 0.15) is 38.1 Å². The summed E-state index contributed by atoms with van der Waals surface area (Å²) in [6.45, 7) is 8.10. The van der Waals surface area contributed by atoms with Crippen molar-refractivity contribution < 1.29 is 9.53 Å². The van der Waals surface area contributed by atoms with Gasteiger partial charge in [-0.05, 0) is 49.6 Å². The molecule has 0 bridgehead atoms. The second-order valence-electron chi connectivity index (χ2n) is 7.74. The molecule has 0 aliphatic rings. The Morgan fingerprint density at radius 2 is 1.97 bits per heavy atom. The Balaban J connectivity index is 1.58. The number of fused-ring (bicyclic) bond motifs is 1. The first-order chi connectivity index (χ1) is 14.0. The molecule has 0 aliphatic heterocycles. The first-order valence-corrected chi connectivity index (χ1v) is 10.5. The Morgan fingerprint density at radius 3 is 2.76 bits per heavy atom. The molecule has 1 N–H and O–H groups in total.